The van der Waals surface area contributed by atoms with Gasteiger partial charge in [-0.15, -0.1) is 0 Å². The van der Waals surface area contributed by atoms with Crippen molar-refractivity contribution in [3.05, 3.63) is 29.8 Å². The molecule has 1 aromatic rings. The van der Waals surface area contributed by atoms with Gasteiger partial charge in [0.05, 0.1) is 5.41 Å². The van der Waals surface area contributed by atoms with Gasteiger partial charge in [-0.05, 0) is 63.3 Å². The standard InChI is InChI=1S/C20H29NO3/c1-20(15-5-3-4-6-15,16-7-9-17(22)10-8-16)19(23)24-18-11-13-21(2)14-12-18/h7-10,15,18,22H,3-6,11-14H2,1-2H3. The number of nitrogens with zero attached hydrogens (tertiary/aromatic N) is 1. The predicted molar refractivity (Wildman–Crippen MR) is 94.0 cm³/mol. The number of rotatable bonds is 4. The van der Waals surface area contributed by atoms with Gasteiger partial charge in [0, 0.05) is 13.1 Å². The minimum absolute atomic E-state index is 0.0338. The summed E-state index contributed by atoms with van der Waals surface area (Å²) in [6.07, 6.45) is 6.36. The Hall–Kier alpha value is -1.55. The summed E-state index contributed by atoms with van der Waals surface area (Å²) in [4.78, 5) is 15.5. The van der Waals surface area contributed by atoms with Crippen LogP contribution in [0, 0.1) is 5.92 Å². The topological polar surface area (TPSA) is 49.8 Å². The van der Waals surface area contributed by atoms with Crippen molar-refractivity contribution in [3.8, 4) is 5.75 Å². The molecule has 0 amide bonds. The molecule has 24 heavy (non-hydrogen) atoms. The molecular formula is C20H29NO3. The van der Waals surface area contributed by atoms with Crippen molar-refractivity contribution in [1.29, 1.82) is 0 Å². The number of hydrogen-bond acceptors (Lipinski definition) is 4. The van der Waals surface area contributed by atoms with Crippen LogP contribution in [0.4, 0.5) is 0 Å². The average molecular weight is 331 g/mol. The first kappa shape index (κ1) is 17.3. The van der Waals surface area contributed by atoms with E-state index in [2.05, 4.69) is 11.9 Å². The van der Waals surface area contributed by atoms with Crippen LogP contribution in [0.5, 0.6) is 5.75 Å². The Bertz CT molecular complexity index is 557. The summed E-state index contributed by atoms with van der Waals surface area (Å²) in [5.41, 5.74) is 0.346. The van der Waals surface area contributed by atoms with Crippen molar-refractivity contribution in [2.45, 2.75) is 57.0 Å². The first-order valence-electron chi connectivity index (χ1n) is 9.19. The van der Waals surface area contributed by atoms with Gasteiger partial charge in [0.15, 0.2) is 0 Å². The van der Waals surface area contributed by atoms with Gasteiger partial charge in [0.25, 0.3) is 0 Å². The average Bonchev–Trinajstić information content (AvgIpc) is 3.12. The number of benzene rings is 1. The predicted octanol–water partition coefficient (Wildman–Crippen LogP) is 3.48. The normalized spacial score (nSPS) is 23.1. The highest BCUT2D eigenvalue weighted by molar-refractivity contribution is 5.83. The summed E-state index contributed by atoms with van der Waals surface area (Å²) < 4.78 is 5.97. The van der Waals surface area contributed by atoms with Gasteiger partial charge in [0.1, 0.15) is 11.9 Å². The summed E-state index contributed by atoms with van der Waals surface area (Å²) in [5.74, 6) is 0.464. The van der Waals surface area contributed by atoms with Crippen LogP contribution in [0.3, 0.4) is 0 Å². The molecule has 1 N–H and O–H groups in total. The Kier molecular flexibility index (Phi) is 5.14. The third-order valence-electron chi connectivity index (χ3n) is 6.00. The highest BCUT2D eigenvalue weighted by Gasteiger charge is 2.46. The fraction of sp³-hybridized carbons (Fsp3) is 0.650. The van der Waals surface area contributed by atoms with Crippen molar-refractivity contribution in [2.24, 2.45) is 5.92 Å². The molecule has 1 saturated heterocycles. The number of phenolic OH excluding ortho intramolecular Hbond substituents is 1. The third-order valence-corrected chi connectivity index (χ3v) is 6.00. The summed E-state index contributed by atoms with van der Waals surface area (Å²) in [6.45, 7) is 4.00. The van der Waals surface area contributed by atoms with Crippen LogP contribution >= 0.6 is 0 Å². The van der Waals surface area contributed by atoms with Crippen LogP contribution in [0.1, 0.15) is 51.0 Å². The van der Waals surface area contributed by atoms with E-state index in [-0.39, 0.29) is 17.8 Å². The number of carbonyl (C=O) groups excluding carboxylic acids is 1. The molecule has 0 aromatic heterocycles. The van der Waals surface area contributed by atoms with E-state index in [0.29, 0.717) is 5.92 Å². The summed E-state index contributed by atoms with van der Waals surface area (Å²) >= 11 is 0. The lowest BCUT2D eigenvalue weighted by atomic mass is 9.71. The summed E-state index contributed by atoms with van der Waals surface area (Å²) in [7, 11) is 2.11. The SMILES string of the molecule is CN1CCC(OC(=O)C(C)(c2ccc(O)cc2)C2CCCC2)CC1. The Labute approximate surface area is 144 Å². The number of carbonyl (C=O) groups is 1. The van der Waals surface area contributed by atoms with Gasteiger partial charge in [-0.25, -0.2) is 0 Å². The van der Waals surface area contributed by atoms with Gasteiger partial charge in [-0.1, -0.05) is 25.0 Å². The number of likely N-dealkylation sites (tertiary alicyclic amines) is 1. The second kappa shape index (κ2) is 7.14. The fourth-order valence-corrected chi connectivity index (χ4v) is 4.21. The van der Waals surface area contributed by atoms with Crippen molar-refractivity contribution >= 4 is 5.97 Å². The van der Waals surface area contributed by atoms with Crippen LogP contribution in [-0.2, 0) is 14.9 Å². The zero-order valence-electron chi connectivity index (χ0n) is 14.8. The molecule has 1 unspecified atom stereocenters. The quantitative estimate of drug-likeness (QED) is 0.858. The van der Waals surface area contributed by atoms with E-state index in [1.54, 1.807) is 12.1 Å². The molecule has 1 saturated carbocycles. The van der Waals surface area contributed by atoms with Crippen LogP contribution in [0.25, 0.3) is 0 Å². The molecule has 3 rings (SSSR count). The van der Waals surface area contributed by atoms with Gasteiger partial charge < -0.3 is 14.7 Å². The number of piperidine rings is 1. The second-order valence-electron chi connectivity index (χ2n) is 7.64. The molecule has 2 aliphatic rings. The van der Waals surface area contributed by atoms with Gasteiger partial charge in [-0.2, -0.15) is 0 Å². The smallest absolute Gasteiger partial charge is 0.316 e. The zero-order valence-corrected chi connectivity index (χ0v) is 14.8. The molecule has 0 bridgehead atoms. The van der Waals surface area contributed by atoms with Gasteiger partial charge >= 0.3 is 5.97 Å². The minimum Gasteiger partial charge on any atom is -0.508 e. The highest BCUT2D eigenvalue weighted by atomic mass is 16.5. The first-order chi connectivity index (χ1) is 11.5. The molecule has 0 spiro atoms. The van der Waals surface area contributed by atoms with Crippen molar-refractivity contribution < 1.29 is 14.6 Å². The molecule has 132 valence electrons. The molecule has 1 aliphatic heterocycles. The van der Waals surface area contributed by atoms with Gasteiger partial charge in [-0.3, -0.25) is 4.79 Å². The van der Waals surface area contributed by atoms with E-state index >= 15 is 0 Å². The lowest BCUT2D eigenvalue weighted by Crippen LogP contribution is -2.44. The number of phenols is 1. The number of esters is 1. The number of ether oxygens (including phenoxy) is 1. The molecule has 1 atom stereocenters. The maximum absolute atomic E-state index is 13.2. The fourth-order valence-electron chi connectivity index (χ4n) is 4.21. The van der Waals surface area contributed by atoms with E-state index in [0.717, 1.165) is 44.3 Å². The van der Waals surface area contributed by atoms with Crippen LogP contribution in [0.2, 0.25) is 0 Å². The lowest BCUT2D eigenvalue weighted by molar-refractivity contribution is -0.160. The maximum atomic E-state index is 13.2. The van der Waals surface area contributed by atoms with Crippen molar-refractivity contribution in [1.82, 2.24) is 4.90 Å². The summed E-state index contributed by atoms with van der Waals surface area (Å²) in [5, 5.41) is 9.59. The molecule has 1 aromatic carbocycles. The molecular weight excluding hydrogens is 302 g/mol. The molecule has 4 heteroatoms. The molecule has 0 radical (unpaired) electrons. The zero-order chi connectivity index (χ0) is 17.2. The minimum atomic E-state index is -0.618. The van der Waals surface area contributed by atoms with Crippen molar-refractivity contribution in [2.75, 3.05) is 20.1 Å². The highest BCUT2D eigenvalue weighted by Crippen LogP contribution is 2.43. The third kappa shape index (κ3) is 3.44. The monoisotopic (exact) mass is 331 g/mol. The molecule has 1 heterocycles. The van der Waals surface area contributed by atoms with Crippen LogP contribution in [-0.4, -0.2) is 42.2 Å². The van der Waals surface area contributed by atoms with Gasteiger partial charge in [0.2, 0.25) is 0 Å². The first-order valence-corrected chi connectivity index (χ1v) is 9.19. The van der Waals surface area contributed by atoms with E-state index in [4.69, 9.17) is 4.74 Å². The Balaban J connectivity index is 1.81. The largest absolute Gasteiger partial charge is 0.508 e. The Morgan fingerprint density at radius 1 is 1.12 bits per heavy atom. The Morgan fingerprint density at radius 3 is 2.29 bits per heavy atom. The summed E-state index contributed by atoms with van der Waals surface area (Å²) in [6, 6.07) is 7.10. The van der Waals surface area contributed by atoms with E-state index in [1.165, 1.54) is 12.8 Å². The maximum Gasteiger partial charge on any atom is 0.316 e. The molecule has 2 fully saturated rings. The van der Waals surface area contributed by atoms with Crippen molar-refractivity contribution in [3.63, 3.8) is 0 Å². The van der Waals surface area contributed by atoms with E-state index in [1.807, 2.05) is 19.1 Å². The lowest BCUT2D eigenvalue weighted by Gasteiger charge is -2.37. The second-order valence-corrected chi connectivity index (χ2v) is 7.64. The van der Waals surface area contributed by atoms with E-state index < -0.39 is 5.41 Å². The van der Waals surface area contributed by atoms with E-state index in [9.17, 15) is 9.90 Å². The number of hydrogen-bond donors (Lipinski definition) is 1. The van der Waals surface area contributed by atoms with Crippen LogP contribution < -0.4 is 0 Å². The molecule has 4 nitrogen and oxygen atoms in total. The van der Waals surface area contributed by atoms with Crippen LogP contribution in [0.15, 0.2) is 24.3 Å². The Morgan fingerprint density at radius 2 is 1.71 bits per heavy atom. The molecule has 1 aliphatic carbocycles. The number of aromatic hydroxyl groups is 1.